The van der Waals surface area contributed by atoms with Gasteiger partial charge < -0.3 is 10.0 Å². The van der Waals surface area contributed by atoms with Crippen molar-refractivity contribution >= 4 is 21.4 Å². The molecule has 1 aliphatic carbocycles. The van der Waals surface area contributed by atoms with Crippen molar-refractivity contribution in [3.8, 4) is 0 Å². The van der Waals surface area contributed by atoms with Gasteiger partial charge in [0.1, 0.15) is 0 Å². The summed E-state index contributed by atoms with van der Waals surface area (Å²) in [6.07, 6.45) is 2.66. The van der Waals surface area contributed by atoms with Crippen LogP contribution < -0.4 is 0 Å². The van der Waals surface area contributed by atoms with Crippen molar-refractivity contribution in [1.82, 2.24) is 9.21 Å². The van der Waals surface area contributed by atoms with Gasteiger partial charge >= 0.3 is 0 Å². The number of piperazine rings is 1. The van der Waals surface area contributed by atoms with Crippen LogP contribution in [-0.2, 0) is 16.6 Å². The van der Waals surface area contributed by atoms with Crippen molar-refractivity contribution in [2.75, 3.05) is 32.7 Å². The van der Waals surface area contributed by atoms with Crippen LogP contribution in [0.25, 0.3) is 0 Å². The van der Waals surface area contributed by atoms with E-state index in [1.165, 1.54) is 24.2 Å². The van der Waals surface area contributed by atoms with Gasteiger partial charge in [-0.3, -0.25) is 0 Å². The molecule has 0 radical (unpaired) electrons. The third kappa shape index (κ3) is 3.07. The van der Waals surface area contributed by atoms with E-state index in [4.69, 9.17) is 5.11 Å². The lowest BCUT2D eigenvalue weighted by Gasteiger charge is -2.33. The molecule has 0 bridgehead atoms. The van der Waals surface area contributed by atoms with E-state index in [-0.39, 0.29) is 6.61 Å². The maximum absolute atomic E-state index is 12.5. The highest BCUT2D eigenvalue weighted by Crippen LogP contribution is 2.30. The first-order chi connectivity index (χ1) is 9.59. The summed E-state index contributed by atoms with van der Waals surface area (Å²) in [6.45, 7) is 3.81. The Morgan fingerprint density at radius 1 is 1.25 bits per heavy atom. The van der Waals surface area contributed by atoms with Crippen LogP contribution in [-0.4, -0.2) is 55.5 Å². The van der Waals surface area contributed by atoms with Gasteiger partial charge in [-0.1, -0.05) is 0 Å². The normalized spacial score (nSPS) is 22.2. The van der Waals surface area contributed by atoms with Crippen molar-refractivity contribution in [1.29, 1.82) is 0 Å². The standard InChI is InChI=1S/C13H20N2O3S2/c16-9-12-7-13(10-19-12)20(17,18)15-5-3-14(4-6-15)8-11-1-2-11/h7,10-11,16H,1-6,8-9H2. The Bertz CT molecular complexity index is 558. The number of hydrogen-bond acceptors (Lipinski definition) is 5. The Labute approximate surface area is 123 Å². The Hall–Kier alpha value is -0.470. The van der Waals surface area contributed by atoms with Crippen molar-refractivity contribution in [2.45, 2.75) is 24.3 Å². The lowest BCUT2D eigenvalue weighted by Crippen LogP contribution is -2.48. The van der Waals surface area contributed by atoms with E-state index in [1.807, 2.05) is 0 Å². The molecule has 112 valence electrons. The quantitative estimate of drug-likeness (QED) is 0.879. The number of nitrogens with zero attached hydrogens (tertiary/aromatic N) is 2. The van der Waals surface area contributed by atoms with E-state index in [9.17, 15) is 8.42 Å². The Morgan fingerprint density at radius 2 is 1.95 bits per heavy atom. The molecule has 1 saturated carbocycles. The van der Waals surface area contributed by atoms with E-state index in [0.29, 0.717) is 22.9 Å². The number of sulfonamides is 1. The number of aliphatic hydroxyl groups is 1. The van der Waals surface area contributed by atoms with Crippen LogP contribution in [0, 0.1) is 5.92 Å². The molecule has 0 amide bonds. The third-order valence-electron chi connectivity index (χ3n) is 3.97. The molecule has 1 aromatic rings. The van der Waals surface area contributed by atoms with E-state index in [0.717, 1.165) is 25.6 Å². The summed E-state index contributed by atoms with van der Waals surface area (Å²) in [6, 6.07) is 1.58. The first-order valence-electron chi connectivity index (χ1n) is 7.00. The second kappa shape index (κ2) is 5.73. The van der Waals surface area contributed by atoms with Crippen LogP contribution in [0.1, 0.15) is 17.7 Å². The molecule has 0 spiro atoms. The summed E-state index contributed by atoms with van der Waals surface area (Å²) >= 11 is 1.29. The van der Waals surface area contributed by atoms with Gasteiger partial charge in [-0.15, -0.1) is 11.3 Å². The average molecular weight is 316 g/mol. The van der Waals surface area contributed by atoms with E-state index in [1.54, 1.807) is 15.8 Å². The fourth-order valence-corrected chi connectivity index (χ4v) is 5.09. The van der Waals surface area contributed by atoms with Gasteiger partial charge in [0.25, 0.3) is 0 Å². The van der Waals surface area contributed by atoms with Gasteiger partial charge in [-0.05, 0) is 24.8 Å². The topological polar surface area (TPSA) is 60.9 Å². The summed E-state index contributed by atoms with van der Waals surface area (Å²) < 4.78 is 26.5. The lowest BCUT2D eigenvalue weighted by molar-refractivity contribution is 0.182. The van der Waals surface area contributed by atoms with Crippen molar-refractivity contribution in [3.63, 3.8) is 0 Å². The zero-order valence-electron chi connectivity index (χ0n) is 11.4. The summed E-state index contributed by atoms with van der Waals surface area (Å²) in [4.78, 5) is 3.38. The first kappa shape index (κ1) is 14.5. The van der Waals surface area contributed by atoms with Crippen molar-refractivity contribution in [2.24, 2.45) is 5.92 Å². The lowest BCUT2D eigenvalue weighted by atomic mass is 10.3. The van der Waals surface area contributed by atoms with Gasteiger partial charge in [0.2, 0.25) is 10.0 Å². The number of thiophene rings is 1. The van der Waals surface area contributed by atoms with Crippen LogP contribution in [0.5, 0.6) is 0 Å². The molecule has 0 aromatic carbocycles. The van der Waals surface area contributed by atoms with Gasteiger partial charge in [0.05, 0.1) is 11.5 Å². The largest absolute Gasteiger partial charge is 0.391 e. The molecule has 2 fully saturated rings. The van der Waals surface area contributed by atoms with E-state index in [2.05, 4.69) is 4.90 Å². The van der Waals surface area contributed by atoms with Crippen molar-refractivity contribution in [3.05, 3.63) is 16.3 Å². The monoisotopic (exact) mass is 316 g/mol. The summed E-state index contributed by atoms with van der Waals surface area (Å²) in [5.74, 6) is 0.849. The summed E-state index contributed by atoms with van der Waals surface area (Å²) in [5.41, 5.74) is 0. The van der Waals surface area contributed by atoms with Gasteiger partial charge in [0.15, 0.2) is 0 Å². The van der Waals surface area contributed by atoms with Crippen LogP contribution in [0.15, 0.2) is 16.3 Å². The maximum Gasteiger partial charge on any atom is 0.243 e. The minimum absolute atomic E-state index is 0.102. The third-order valence-corrected chi connectivity index (χ3v) is 6.91. The summed E-state index contributed by atoms with van der Waals surface area (Å²) in [7, 11) is -3.38. The fourth-order valence-electron chi connectivity index (χ4n) is 2.55. The molecule has 7 heteroatoms. The molecule has 1 N–H and O–H groups in total. The number of aliphatic hydroxyl groups excluding tert-OH is 1. The van der Waals surface area contributed by atoms with Gasteiger partial charge in [-0.25, -0.2) is 8.42 Å². The predicted molar refractivity (Wildman–Crippen MR) is 78.2 cm³/mol. The van der Waals surface area contributed by atoms with Crippen LogP contribution in [0.4, 0.5) is 0 Å². The number of hydrogen-bond donors (Lipinski definition) is 1. The minimum Gasteiger partial charge on any atom is -0.391 e. The predicted octanol–water partition coefficient (Wildman–Crippen LogP) is 0.957. The molecular weight excluding hydrogens is 296 g/mol. The maximum atomic E-state index is 12.5. The van der Waals surface area contributed by atoms with E-state index >= 15 is 0 Å². The molecule has 5 nitrogen and oxygen atoms in total. The average Bonchev–Trinajstić information content (AvgIpc) is 3.12. The Morgan fingerprint density at radius 3 is 2.50 bits per heavy atom. The van der Waals surface area contributed by atoms with E-state index < -0.39 is 10.0 Å². The molecule has 0 unspecified atom stereocenters. The van der Waals surface area contributed by atoms with Gasteiger partial charge in [-0.2, -0.15) is 4.31 Å². The zero-order valence-corrected chi connectivity index (χ0v) is 13.0. The Kier molecular flexibility index (Phi) is 4.14. The smallest absolute Gasteiger partial charge is 0.243 e. The van der Waals surface area contributed by atoms with Crippen LogP contribution >= 0.6 is 11.3 Å². The highest BCUT2D eigenvalue weighted by atomic mass is 32.2. The highest BCUT2D eigenvalue weighted by molar-refractivity contribution is 7.89. The SMILES string of the molecule is O=S(=O)(c1csc(CO)c1)N1CCN(CC2CC2)CC1. The molecule has 0 atom stereocenters. The van der Waals surface area contributed by atoms with Crippen LogP contribution in [0.2, 0.25) is 0 Å². The minimum atomic E-state index is -3.38. The molecule has 2 aliphatic rings. The molecular formula is C13H20N2O3S2. The summed E-state index contributed by atoms with van der Waals surface area (Å²) in [5, 5.41) is 10.7. The van der Waals surface area contributed by atoms with Crippen molar-refractivity contribution < 1.29 is 13.5 Å². The molecule has 20 heavy (non-hydrogen) atoms. The van der Waals surface area contributed by atoms with Gasteiger partial charge in [0, 0.05) is 43.0 Å². The molecule has 3 rings (SSSR count). The zero-order chi connectivity index (χ0) is 14.2. The second-order valence-electron chi connectivity index (χ2n) is 5.55. The first-order valence-corrected chi connectivity index (χ1v) is 9.32. The second-order valence-corrected chi connectivity index (χ2v) is 8.49. The number of rotatable bonds is 5. The molecule has 1 aromatic heterocycles. The molecule has 2 heterocycles. The Balaban J connectivity index is 1.63. The highest BCUT2D eigenvalue weighted by Gasteiger charge is 2.31. The molecule has 1 aliphatic heterocycles. The van der Waals surface area contributed by atoms with Crippen LogP contribution in [0.3, 0.4) is 0 Å². The fraction of sp³-hybridized carbons (Fsp3) is 0.692. The molecule has 1 saturated heterocycles.